The fourth-order valence-corrected chi connectivity index (χ4v) is 3.54. The van der Waals surface area contributed by atoms with E-state index in [2.05, 4.69) is 15.6 Å². The van der Waals surface area contributed by atoms with Crippen LogP contribution in [-0.4, -0.2) is 45.0 Å². The van der Waals surface area contributed by atoms with Crippen LogP contribution in [-0.2, 0) is 16.3 Å². The van der Waals surface area contributed by atoms with Crippen LogP contribution < -0.4 is 15.4 Å². The number of hydrogen-bond donors (Lipinski definition) is 2. The lowest BCUT2D eigenvalue weighted by atomic mass is 10.1. The first-order valence-electron chi connectivity index (χ1n) is 9.80. The Morgan fingerprint density at radius 2 is 1.73 bits per heavy atom. The first-order valence-corrected chi connectivity index (χ1v) is 11.5. The van der Waals surface area contributed by atoms with Gasteiger partial charge in [0.05, 0.1) is 10.5 Å². The first kappa shape index (κ1) is 23.7. The summed E-state index contributed by atoms with van der Waals surface area (Å²) in [5, 5.41) is 6.10. The number of aliphatic imine (C=N–C) groups is 1. The van der Waals surface area contributed by atoms with Crippen molar-refractivity contribution in [2.75, 3.05) is 25.9 Å². The van der Waals surface area contributed by atoms with Gasteiger partial charge < -0.3 is 15.4 Å². The zero-order chi connectivity index (χ0) is 22.2. The Labute approximate surface area is 178 Å². The predicted octanol–water partition coefficient (Wildman–Crippen LogP) is 3.54. The fourth-order valence-electron chi connectivity index (χ4n) is 2.55. The summed E-state index contributed by atoms with van der Waals surface area (Å²) in [5.41, 5.74) is 0.811. The molecule has 164 valence electrons. The van der Waals surface area contributed by atoms with Crippen LogP contribution in [0.5, 0.6) is 11.5 Å². The molecule has 0 aromatic heterocycles. The van der Waals surface area contributed by atoms with Crippen molar-refractivity contribution < 1.29 is 17.5 Å². The molecular weight excluding hydrogens is 405 g/mol. The number of hydrogen-bond acceptors (Lipinski definition) is 4. The predicted molar refractivity (Wildman–Crippen MR) is 120 cm³/mol. The van der Waals surface area contributed by atoms with E-state index in [1.54, 1.807) is 46.0 Å². The van der Waals surface area contributed by atoms with E-state index in [4.69, 9.17) is 4.74 Å². The molecule has 0 spiro atoms. The van der Waals surface area contributed by atoms with E-state index >= 15 is 0 Å². The molecule has 0 radical (unpaired) electrons. The van der Waals surface area contributed by atoms with Crippen molar-refractivity contribution >= 4 is 15.8 Å². The van der Waals surface area contributed by atoms with Gasteiger partial charge in [-0.25, -0.2) is 12.8 Å². The normalized spacial score (nSPS) is 12.5. The summed E-state index contributed by atoms with van der Waals surface area (Å²) in [4.78, 5) is 4.09. The highest BCUT2D eigenvalue weighted by molar-refractivity contribution is 7.92. The Bertz CT molecular complexity index is 955. The molecule has 2 rings (SSSR count). The molecule has 6 nitrogen and oxygen atoms in total. The summed E-state index contributed by atoms with van der Waals surface area (Å²) in [6.45, 7) is 5.84. The van der Waals surface area contributed by atoms with Gasteiger partial charge >= 0.3 is 0 Å². The van der Waals surface area contributed by atoms with Crippen LogP contribution in [0.1, 0.15) is 26.3 Å². The van der Waals surface area contributed by atoms with E-state index in [1.807, 2.05) is 24.3 Å². The second-order valence-corrected chi connectivity index (χ2v) is 10.6. The number of rotatable bonds is 8. The lowest BCUT2D eigenvalue weighted by Crippen LogP contribution is -2.42. The molecule has 2 N–H and O–H groups in total. The van der Waals surface area contributed by atoms with Gasteiger partial charge in [-0.05, 0) is 57.0 Å². The molecule has 0 bridgehead atoms. The van der Waals surface area contributed by atoms with Gasteiger partial charge in [-0.15, -0.1) is 0 Å². The molecule has 0 aliphatic carbocycles. The maximum absolute atomic E-state index is 14.3. The molecular formula is C22H30FN3O3S. The molecule has 0 saturated heterocycles. The second kappa shape index (κ2) is 10.4. The summed E-state index contributed by atoms with van der Waals surface area (Å²) in [6.07, 6.45) is 0.573. The third kappa shape index (κ3) is 7.02. The molecule has 0 unspecified atom stereocenters. The number of guanidine groups is 1. The van der Waals surface area contributed by atoms with Gasteiger partial charge in [0.15, 0.2) is 27.4 Å². The van der Waals surface area contributed by atoms with Gasteiger partial charge in [-0.2, -0.15) is 0 Å². The Hall–Kier alpha value is -2.61. The highest BCUT2D eigenvalue weighted by Gasteiger charge is 2.28. The number of benzene rings is 2. The molecule has 0 aliphatic rings. The quantitative estimate of drug-likeness (QED) is 0.490. The van der Waals surface area contributed by atoms with Crippen molar-refractivity contribution in [3.63, 3.8) is 0 Å². The SMILES string of the molecule is CN=C(NCCc1ccc(Oc2ccccc2)c(F)c1)NCCS(=O)(=O)C(C)(C)C. The minimum Gasteiger partial charge on any atom is -0.454 e. The van der Waals surface area contributed by atoms with Crippen LogP contribution in [0.4, 0.5) is 4.39 Å². The maximum atomic E-state index is 14.3. The molecule has 0 atom stereocenters. The van der Waals surface area contributed by atoms with Gasteiger partial charge in [-0.3, -0.25) is 4.99 Å². The van der Waals surface area contributed by atoms with Crippen molar-refractivity contribution in [1.29, 1.82) is 0 Å². The van der Waals surface area contributed by atoms with Crippen molar-refractivity contribution in [2.45, 2.75) is 31.9 Å². The standard InChI is InChI=1S/C22H30FN3O3S/c1-22(2,3)30(27,28)15-14-26-21(24-4)25-13-12-17-10-11-20(19(23)16-17)29-18-8-6-5-7-9-18/h5-11,16H,12-15H2,1-4H3,(H2,24,25,26). The molecule has 0 saturated carbocycles. The summed E-state index contributed by atoms with van der Waals surface area (Å²) in [6, 6.07) is 13.9. The lowest BCUT2D eigenvalue weighted by molar-refractivity contribution is 0.441. The average molecular weight is 436 g/mol. The minimum absolute atomic E-state index is 0.0191. The van der Waals surface area contributed by atoms with Gasteiger partial charge in [0.25, 0.3) is 0 Å². The number of halogens is 1. The number of nitrogens with one attached hydrogen (secondary N) is 2. The van der Waals surface area contributed by atoms with Crippen molar-refractivity contribution in [1.82, 2.24) is 10.6 Å². The topological polar surface area (TPSA) is 79.8 Å². The minimum atomic E-state index is -3.20. The fraction of sp³-hybridized carbons (Fsp3) is 0.409. The summed E-state index contributed by atoms with van der Waals surface area (Å²) in [5.74, 6) is 0.852. The van der Waals surface area contributed by atoms with E-state index in [-0.39, 0.29) is 18.0 Å². The van der Waals surface area contributed by atoms with Crippen LogP contribution in [0.2, 0.25) is 0 Å². The Morgan fingerprint density at radius 1 is 1.07 bits per heavy atom. The lowest BCUT2D eigenvalue weighted by Gasteiger charge is -2.19. The van der Waals surface area contributed by atoms with Gasteiger partial charge in [0.2, 0.25) is 0 Å². The van der Waals surface area contributed by atoms with Crippen molar-refractivity contribution in [2.24, 2.45) is 4.99 Å². The van der Waals surface area contributed by atoms with Crippen molar-refractivity contribution in [3.05, 3.63) is 59.9 Å². The molecule has 30 heavy (non-hydrogen) atoms. The zero-order valence-electron chi connectivity index (χ0n) is 17.9. The molecule has 8 heteroatoms. The number of sulfone groups is 1. The first-order chi connectivity index (χ1) is 14.1. The Balaban J connectivity index is 1.81. The number of para-hydroxylation sites is 1. The third-order valence-electron chi connectivity index (χ3n) is 4.49. The zero-order valence-corrected chi connectivity index (χ0v) is 18.7. The van der Waals surface area contributed by atoms with E-state index in [0.29, 0.717) is 24.7 Å². The van der Waals surface area contributed by atoms with Crippen molar-refractivity contribution in [3.8, 4) is 11.5 Å². The third-order valence-corrected chi connectivity index (χ3v) is 7.10. The highest BCUT2D eigenvalue weighted by Crippen LogP contribution is 2.25. The van der Waals surface area contributed by atoms with Gasteiger partial charge in [0, 0.05) is 20.1 Å². The summed E-state index contributed by atoms with van der Waals surface area (Å²) in [7, 11) is -1.58. The summed E-state index contributed by atoms with van der Waals surface area (Å²) >= 11 is 0. The van der Waals surface area contributed by atoms with Gasteiger partial charge in [0.1, 0.15) is 5.75 Å². The van der Waals surface area contributed by atoms with Crippen LogP contribution in [0.15, 0.2) is 53.5 Å². The van der Waals surface area contributed by atoms with Crippen LogP contribution in [0, 0.1) is 5.82 Å². The number of nitrogens with zero attached hydrogens (tertiary/aromatic N) is 1. The smallest absolute Gasteiger partial charge is 0.191 e. The Morgan fingerprint density at radius 3 is 2.33 bits per heavy atom. The van der Waals surface area contributed by atoms with E-state index in [1.165, 1.54) is 6.07 Å². The molecule has 0 aliphatic heterocycles. The second-order valence-electron chi connectivity index (χ2n) is 7.79. The molecule has 2 aromatic rings. The van der Waals surface area contributed by atoms with E-state index in [9.17, 15) is 12.8 Å². The average Bonchev–Trinajstić information content (AvgIpc) is 2.68. The van der Waals surface area contributed by atoms with Crippen LogP contribution in [0.3, 0.4) is 0 Å². The monoisotopic (exact) mass is 435 g/mol. The molecule has 0 heterocycles. The van der Waals surface area contributed by atoms with E-state index < -0.39 is 20.4 Å². The summed E-state index contributed by atoms with van der Waals surface area (Å²) < 4.78 is 43.4. The molecule has 0 fully saturated rings. The van der Waals surface area contributed by atoms with E-state index in [0.717, 1.165) is 5.56 Å². The van der Waals surface area contributed by atoms with Crippen LogP contribution >= 0.6 is 0 Å². The molecule has 2 aromatic carbocycles. The van der Waals surface area contributed by atoms with Crippen LogP contribution in [0.25, 0.3) is 0 Å². The Kier molecular flexibility index (Phi) is 8.23. The largest absolute Gasteiger partial charge is 0.454 e. The molecule has 0 amide bonds. The maximum Gasteiger partial charge on any atom is 0.191 e. The number of ether oxygens (including phenoxy) is 1. The van der Waals surface area contributed by atoms with Gasteiger partial charge in [-0.1, -0.05) is 24.3 Å². The highest BCUT2D eigenvalue weighted by atomic mass is 32.2.